The average Bonchev–Trinajstić information content (AvgIpc) is 2.93. The predicted molar refractivity (Wildman–Crippen MR) is 85.6 cm³/mol. The standard InChI is InChI=1S/C15H22N2O.C2H6/c1-11(2)12-4-3-5-13(8-12)17-9-14-15(10-17)18-7-6-16-14;1-2/h3-5,8,11,14-16H,6-7,9-10H2,1-2H3;1-2H3. The predicted octanol–water partition coefficient (Wildman–Crippen LogP) is 3.01. The van der Waals surface area contributed by atoms with Gasteiger partial charge in [-0.15, -0.1) is 0 Å². The average molecular weight is 276 g/mol. The zero-order chi connectivity index (χ0) is 14.5. The fraction of sp³-hybridized carbons (Fsp3) is 0.647. The molecule has 0 spiro atoms. The lowest BCUT2D eigenvalue weighted by Crippen LogP contribution is -2.47. The zero-order valence-electron chi connectivity index (χ0n) is 13.2. The van der Waals surface area contributed by atoms with Gasteiger partial charge in [-0.25, -0.2) is 0 Å². The summed E-state index contributed by atoms with van der Waals surface area (Å²) in [5.41, 5.74) is 2.75. The van der Waals surface area contributed by atoms with Gasteiger partial charge < -0.3 is 15.0 Å². The van der Waals surface area contributed by atoms with E-state index in [1.165, 1.54) is 11.3 Å². The topological polar surface area (TPSA) is 24.5 Å². The van der Waals surface area contributed by atoms with Crippen LogP contribution in [-0.4, -0.2) is 38.4 Å². The summed E-state index contributed by atoms with van der Waals surface area (Å²) in [6.45, 7) is 12.4. The molecule has 2 heterocycles. The third-order valence-electron chi connectivity index (χ3n) is 4.01. The van der Waals surface area contributed by atoms with Gasteiger partial charge in [0.2, 0.25) is 0 Å². The molecule has 0 saturated carbocycles. The molecule has 3 rings (SSSR count). The number of nitrogens with one attached hydrogen (secondary N) is 1. The molecule has 2 saturated heterocycles. The lowest BCUT2D eigenvalue weighted by Gasteiger charge is -2.25. The fourth-order valence-electron chi connectivity index (χ4n) is 2.88. The van der Waals surface area contributed by atoms with Crippen molar-refractivity contribution in [1.82, 2.24) is 5.32 Å². The molecule has 0 aromatic heterocycles. The Labute approximate surface area is 123 Å². The summed E-state index contributed by atoms with van der Waals surface area (Å²) in [5, 5.41) is 3.55. The molecule has 0 amide bonds. The number of benzene rings is 1. The number of fused-ring (bicyclic) bond motifs is 1. The monoisotopic (exact) mass is 276 g/mol. The van der Waals surface area contributed by atoms with Gasteiger partial charge in [0.05, 0.1) is 18.8 Å². The van der Waals surface area contributed by atoms with Crippen LogP contribution in [-0.2, 0) is 4.74 Å². The van der Waals surface area contributed by atoms with Crippen molar-refractivity contribution in [3.05, 3.63) is 29.8 Å². The first-order chi connectivity index (χ1) is 9.74. The summed E-state index contributed by atoms with van der Waals surface area (Å²) in [5.74, 6) is 0.587. The van der Waals surface area contributed by atoms with Crippen LogP contribution in [0.4, 0.5) is 5.69 Å². The van der Waals surface area contributed by atoms with Crippen molar-refractivity contribution < 1.29 is 4.74 Å². The Kier molecular flexibility index (Phi) is 5.44. The quantitative estimate of drug-likeness (QED) is 0.898. The summed E-state index contributed by atoms with van der Waals surface area (Å²) in [6.07, 6.45) is 0.362. The normalized spacial score (nSPS) is 25.1. The smallest absolute Gasteiger partial charge is 0.0920 e. The SMILES string of the molecule is CC.CC(C)c1cccc(N2CC3NCCOC3C2)c1. The molecule has 20 heavy (non-hydrogen) atoms. The molecule has 1 aromatic carbocycles. The molecule has 0 radical (unpaired) electrons. The largest absolute Gasteiger partial charge is 0.373 e. The van der Waals surface area contributed by atoms with Gasteiger partial charge in [0.1, 0.15) is 0 Å². The summed E-state index contributed by atoms with van der Waals surface area (Å²) < 4.78 is 5.83. The Hall–Kier alpha value is -1.06. The minimum absolute atomic E-state index is 0.362. The van der Waals surface area contributed by atoms with E-state index in [1.807, 2.05) is 13.8 Å². The molecule has 2 fully saturated rings. The second-order valence-electron chi connectivity index (χ2n) is 5.62. The van der Waals surface area contributed by atoms with Gasteiger partial charge in [0.25, 0.3) is 0 Å². The van der Waals surface area contributed by atoms with Gasteiger partial charge in [-0.05, 0) is 23.6 Å². The van der Waals surface area contributed by atoms with Crippen LogP contribution in [0, 0.1) is 0 Å². The third-order valence-corrected chi connectivity index (χ3v) is 4.01. The van der Waals surface area contributed by atoms with Crippen LogP contribution < -0.4 is 10.2 Å². The third kappa shape index (κ3) is 3.33. The number of hydrogen-bond donors (Lipinski definition) is 1. The van der Waals surface area contributed by atoms with E-state index in [0.717, 1.165) is 26.2 Å². The van der Waals surface area contributed by atoms with E-state index in [4.69, 9.17) is 4.74 Å². The van der Waals surface area contributed by atoms with Crippen molar-refractivity contribution in [3.8, 4) is 0 Å². The van der Waals surface area contributed by atoms with E-state index in [9.17, 15) is 0 Å². The lowest BCUT2D eigenvalue weighted by atomic mass is 10.0. The van der Waals surface area contributed by atoms with Gasteiger partial charge in [0.15, 0.2) is 0 Å². The van der Waals surface area contributed by atoms with Crippen LogP contribution >= 0.6 is 0 Å². The number of rotatable bonds is 2. The molecule has 3 heteroatoms. The Bertz CT molecular complexity index is 405. The van der Waals surface area contributed by atoms with Crippen molar-refractivity contribution in [2.24, 2.45) is 0 Å². The first kappa shape index (κ1) is 15.3. The first-order valence-electron chi connectivity index (χ1n) is 7.94. The van der Waals surface area contributed by atoms with E-state index in [2.05, 4.69) is 48.3 Å². The molecule has 0 bridgehead atoms. The Morgan fingerprint density at radius 2 is 2.05 bits per heavy atom. The molecule has 0 aliphatic carbocycles. The Morgan fingerprint density at radius 3 is 2.75 bits per heavy atom. The van der Waals surface area contributed by atoms with Gasteiger partial charge in [-0.3, -0.25) is 0 Å². The van der Waals surface area contributed by atoms with Crippen LogP contribution in [0.3, 0.4) is 0 Å². The molecular formula is C17H28N2O. The van der Waals surface area contributed by atoms with Gasteiger partial charge in [0, 0.05) is 25.3 Å². The van der Waals surface area contributed by atoms with Crippen molar-refractivity contribution in [2.45, 2.75) is 45.8 Å². The summed E-state index contributed by atoms with van der Waals surface area (Å²) in [6, 6.07) is 9.42. The minimum Gasteiger partial charge on any atom is -0.373 e. The van der Waals surface area contributed by atoms with Gasteiger partial charge in [-0.2, -0.15) is 0 Å². The van der Waals surface area contributed by atoms with Crippen molar-refractivity contribution >= 4 is 5.69 Å². The second-order valence-corrected chi connectivity index (χ2v) is 5.62. The van der Waals surface area contributed by atoms with E-state index < -0.39 is 0 Å². The minimum atomic E-state index is 0.362. The van der Waals surface area contributed by atoms with E-state index in [0.29, 0.717) is 18.1 Å². The lowest BCUT2D eigenvalue weighted by molar-refractivity contribution is 0.0212. The molecular weight excluding hydrogens is 248 g/mol. The highest BCUT2D eigenvalue weighted by Gasteiger charge is 2.35. The number of anilines is 1. The molecule has 1 aromatic rings. The first-order valence-corrected chi connectivity index (χ1v) is 7.94. The maximum atomic E-state index is 5.83. The molecule has 2 aliphatic rings. The summed E-state index contributed by atoms with van der Waals surface area (Å²) in [7, 11) is 0. The van der Waals surface area contributed by atoms with E-state index in [-0.39, 0.29) is 0 Å². The zero-order valence-corrected chi connectivity index (χ0v) is 13.2. The molecule has 1 N–H and O–H groups in total. The molecule has 3 nitrogen and oxygen atoms in total. The van der Waals surface area contributed by atoms with Crippen molar-refractivity contribution in [1.29, 1.82) is 0 Å². The Balaban J connectivity index is 0.000000704. The fourth-order valence-corrected chi connectivity index (χ4v) is 2.88. The highest BCUT2D eigenvalue weighted by atomic mass is 16.5. The number of nitrogens with zero attached hydrogens (tertiary/aromatic N) is 1. The number of morpholine rings is 1. The van der Waals surface area contributed by atoms with E-state index in [1.54, 1.807) is 0 Å². The second kappa shape index (κ2) is 7.09. The highest BCUT2D eigenvalue weighted by molar-refractivity contribution is 5.51. The highest BCUT2D eigenvalue weighted by Crippen LogP contribution is 2.26. The summed E-state index contributed by atoms with van der Waals surface area (Å²) in [4.78, 5) is 2.44. The molecule has 2 unspecified atom stereocenters. The molecule has 2 atom stereocenters. The van der Waals surface area contributed by atoms with Crippen molar-refractivity contribution in [2.75, 3.05) is 31.1 Å². The van der Waals surface area contributed by atoms with Crippen LogP contribution in [0.1, 0.15) is 39.2 Å². The van der Waals surface area contributed by atoms with Crippen LogP contribution in [0.5, 0.6) is 0 Å². The van der Waals surface area contributed by atoms with Crippen LogP contribution in [0.25, 0.3) is 0 Å². The molecule has 112 valence electrons. The van der Waals surface area contributed by atoms with Crippen LogP contribution in [0.15, 0.2) is 24.3 Å². The maximum Gasteiger partial charge on any atom is 0.0920 e. The van der Waals surface area contributed by atoms with Gasteiger partial charge in [-0.1, -0.05) is 39.8 Å². The Morgan fingerprint density at radius 1 is 1.25 bits per heavy atom. The van der Waals surface area contributed by atoms with Crippen LogP contribution in [0.2, 0.25) is 0 Å². The van der Waals surface area contributed by atoms with Gasteiger partial charge >= 0.3 is 0 Å². The number of ether oxygens (including phenoxy) is 1. The summed E-state index contributed by atoms with van der Waals surface area (Å²) >= 11 is 0. The maximum absolute atomic E-state index is 5.83. The number of hydrogen-bond acceptors (Lipinski definition) is 3. The van der Waals surface area contributed by atoms with E-state index >= 15 is 0 Å². The van der Waals surface area contributed by atoms with Crippen molar-refractivity contribution in [3.63, 3.8) is 0 Å². The molecule has 2 aliphatic heterocycles.